The molecule has 7 aromatic carbocycles. The highest BCUT2D eigenvalue weighted by atomic mass is 15.2. The van der Waals surface area contributed by atoms with E-state index in [2.05, 4.69) is 217 Å². The first-order chi connectivity index (χ1) is 27.6. The zero-order chi connectivity index (χ0) is 39.5. The minimum Gasteiger partial charge on any atom is -0.311 e. The molecule has 2 nitrogen and oxygen atoms in total. The predicted octanol–water partition coefficient (Wildman–Crippen LogP) is 13.6. The number of anilines is 6. The van der Waals surface area contributed by atoms with Crippen molar-refractivity contribution in [3.8, 4) is 22.3 Å². The van der Waals surface area contributed by atoms with E-state index in [9.17, 15) is 0 Å². The van der Waals surface area contributed by atoms with E-state index in [0.717, 1.165) is 0 Å². The second-order valence-electron chi connectivity index (χ2n) is 17.4. The quantitative estimate of drug-likeness (QED) is 0.143. The number of nitrogens with zero attached hydrogens (tertiary/aromatic N) is 2. The maximum atomic E-state index is 2.52. The standard InChI is InChI=1S/C54H53BN2/c1-34(2)38-12-16-42(17-13-38)44-24-30-48-52(32-44)56(46-26-20-40(21-27-46)36(5)6)50-10-9-11-51-54(50)55(48)49-31-25-45(43-18-14-39(15-19-43)35(3)4)33-53(49)57(51)47-28-22-41(23-29-47)37(7)8/h9-37H,1-8H3. The summed E-state index contributed by atoms with van der Waals surface area (Å²) < 4.78 is 0. The molecule has 2 aliphatic rings. The number of benzene rings is 7. The first kappa shape index (κ1) is 36.8. The lowest BCUT2D eigenvalue weighted by molar-refractivity contribution is 0.866. The number of rotatable bonds is 8. The van der Waals surface area contributed by atoms with Gasteiger partial charge in [0.15, 0.2) is 0 Å². The molecule has 0 radical (unpaired) electrons. The molecule has 3 heteroatoms. The van der Waals surface area contributed by atoms with E-state index in [0.29, 0.717) is 23.7 Å². The number of fused-ring (bicyclic) bond motifs is 4. The van der Waals surface area contributed by atoms with Gasteiger partial charge in [-0.05, 0) is 133 Å². The minimum atomic E-state index is 0.0632. The van der Waals surface area contributed by atoms with Crippen molar-refractivity contribution in [3.63, 3.8) is 0 Å². The Morgan fingerprint density at radius 3 is 0.982 bits per heavy atom. The Bertz CT molecular complexity index is 2390. The van der Waals surface area contributed by atoms with Gasteiger partial charge >= 0.3 is 0 Å². The molecule has 0 spiro atoms. The smallest absolute Gasteiger partial charge is 0.252 e. The average molecular weight is 741 g/mol. The normalized spacial score (nSPS) is 13.1. The Morgan fingerprint density at radius 2 is 0.649 bits per heavy atom. The number of hydrogen-bond donors (Lipinski definition) is 0. The van der Waals surface area contributed by atoms with Crippen molar-refractivity contribution in [1.29, 1.82) is 0 Å². The third-order valence-electron chi connectivity index (χ3n) is 12.5. The van der Waals surface area contributed by atoms with Crippen LogP contribution in [-0.4, -0.2) is 6.71 Å². The molecule has 9 rings (SSSR count). The molecule has 7 aromatic rings. The molecule has 0 amide bonds. The molecule has 0 aliphatic carbocycles. The SMILES string of the molecule is CC(C)c1ccc(-c2ccc3c(c2)N(c2ccc(C(C)C)cc2)c2cccc4c2B3c2ccc(-c3ccc(C(C)C)cc3)cc2N4c2ccc(C(C)C)cc2)cc1. The second kappa shape index (κ2) is 14.6. The van der Waals surface area contributed by atoms with Crippen LogP contribution >= 0.6 is 0 Å². The highest BCUT2D eigenvalue weighted by Crippen LogP contribution is 2.45. The predicted molar refractivity (Wildman–Crippen MR) is 248 cm³/mol. The molecule has 57 heavy (non-hydrogen) atoms. The highest BCUT2D eigenvalue weighted by molar-refractivity contribution is 7.00. The highest BCUT2D eigenvalue weighted by Gasteiger charge is 2.43. The molecule has 0 saturated heterocycles. The Hall–Kier alpha value is -5.80. The van der Waals surface area contributed by atoms with Gasteiger partial charge in [-0.15, -0.1) is 0 Å². The molecule has 0 unspecified atom stereocenters. The van der Waals surface area contributed by atoms with Crippen molar-refractivity contribution in [2.75, 3.05) is 9.80 Å². The van der Waals surface area contributed by atoms with Crippen LogP contribution in [0.25, 0.3) is 22.3 Å². The molecule has 0 atom stereocenters. The Labute approximate surface area is 340 Å². The van der Waals surface area contributed by atoms with Crippen LogP contribution in [0.4, 0.5) is 34.1 Å². The van der Waals surface area contributed by atoms with E-state index in [1.165, 1.54) is 95.0 Å². The van der Waals surface area contributed by atoms with Gasteiger partial charge in [-0.25, -0.2) is 0 Å². The first-order valence-corrected chi connectivity index (χ1v) is 21.0. The summed E-state index contributed by atoms with van der Waals surface area (Å²) in [5, 5.41) is 0. The molecule has 2 heterocycles. The van der Waals surface area contributed by atoms with E-state index in [1.54, 1.807) is 0 Å². The molecule has 0 fully saturated rings. The van der Waals surface area contributed by atoms with Crippen LogP contribution in [0.15, 0.2) is 152 Å². The zero-order valence-electron chi connectivity index (χ0n) is 34.7. The van der Waals surface area contributed by atoms with Gasteiger partial charge in [0, 0.05) is 34.1 Å². The van der Waals surface area contributed by atoms with Crippen molar-refractivity contribution in [3.05, 3.63) is 174 Å². The summed E-state index contributed by atoms with van der Waals surface area (Å²) in [5.41, 5.74) is 21.7. The lowest BCUT2D eigenvalue weighted by Crippen LogP contribution is -2.61. The molecule has 2 aliphatic heterocycles. The first-order valence-electron chi connectivity index (χ1n) is 21.0. The van der Waals surface area contributed by atoms with Crippen LogP contribution in [0.2, 0.25) is 0 Å². The maximum absolute atomic E-state index is 2.52. The lowest BCUT2D eigenvalue weighted by Gasteiger charge is -2.44. The molecule has 0 saturated carbocycles. The van der Waals surface area contributed by atoms with Gasteiger partial charge in [-0.2, -0.15) is 0 Å². The van der Waals surface area contributed by atoms with Crippen LogP contribution < -0.4 is 26.2 Å². The molecule has 0 bridgehead atoms. The van der Waals surface area contributed by atoms with E-state index in [4.69, 9.17) is 0 Å². The van der Waals surface area contributed by atoms with Gasteiger partial charge in [0.05, 0.1) is 0 Å². The zero-order valence-corrected chi connectivity index (χ0v) is 34.7. The van der Waals surface area contributed by atoms with Crippen molar-refractivity contribution in [2.24, 2.45) is 0 Å². The Morgan fingerprint density at radius 1 is 0.333 bits per heavy atom. The summed E-state index contributed by atoms with van der Waals surface area (Å²) in [5.74, 6) is 1.92. The fraction of sp³-hybridized carbons (Fsp3) is 0.222. The monoisotopic (exact) mass is 740 g/mol. The van der Waals surface area contributed by atoms with Gasteiger partial charge in [-0.3, -0.25) is 0 Å². The van der Waals surface area contributed by atoms with Crippen molar-refractivity contribution < 1.29 is 0 Å². The van der Waals surface area contributed by atoms with Crippen LogP contribution in [0, 0.1) is 0 Å². The van der Waals surface area contributed by atoms with Gasteiger partial charge in [0.25, 0.3) is 6.71 Å². The molecule has 282 valence electrons. The van der Waals surface area contributed by atoms with Crippen LogP contribution in [0.1, 0.15) is 101 Å². The maximum Gasteiger partial charge on any atom is 0.252 e. The van der Waals surface area contributed by atoms with Crippen LogP contribution in [-0.2, 0) is 0 Å². The summed E-state index contributed by atoms with van der Waals surface area (Å²) in [6.07, 6.45) is 0. The fourth-order valence-electron chi connectivity index (χ4n) is 8.98. The van der Waals surface area contributed by atoms with Gasteiger partial charge in [-0.1, -0.05) is 159 Å². The second-order valence-corrected chi connectivity index (χ2v) is 17.4. The summed E-state index contributed by atoms with van der Waals surface area (Å²) in [6.45, 7) is 18.2. The van der Waals surface area contributed by atoms with Crippen LogP contribution in [0.5, 0.6) is 0 Å². The molecular weight excluding hydrogens is 687 g/mol. The fourth-order valence-corrected chi connectivity index (χ4v) is 8.98. The van der Waals surface area contributed by atoms with Gasteiger partial charge in [0.2, 0.25) is 0 Å². The average Bonchev–Trinajstić information content (AvgIpc) is 3.23. The minimum absolute atomic E-state index is 0.0632. The third-order valence-corrected chi connectivity index (χ3v) is 12.5. The molecule has 0 N–H and O–H groups in total. The van der Waals surface area contributed by atoms with Crippen LogP contribution in [0.3, 0.4) is 0 Å². The summed E-state index contributed by atoms with van der Waals surface area (Å²) in [7, 11) is 0. The van der Waals surface area contributed by atoms with E-state index >= 15 is 0 Å². The molecule has 0 aromatic heterocycles. The third kappa shape index (κ3) is 6.48. The summed E-state index contributed by atoms with van der Waals surface area (Å²) >= 11 is 0. The summed E-state index contributed by atoms with van der Waals surface area (Å²) in [6, 6.07) is 58.2. The largest absolute Gasteiger partial charge is 0.311 e. The van der Waals surface area contributed by atoms with Crippen molar-refractivity contribution >= 4 is 57.2 Å². The van der Waals surface area contributed by atoms with Gasteiger partial charge in [0.1, 0.15) is 0 Å². The lowest BCUT2D eigenvalue weighted by atomic mass is 9.33. The summed E-state index contributed by atoms with van der Waals surface area (Å²) in [4.78, 5) is 5.05. The van der Waals surface area contributed by atoms with Crippen molar-refractivity contribution in [2.45, 2.75) is 79.1 Å². The topological polar surface area (TPSA) is 6.48 Å². The van der Waals surface area contributed by atoms with E-state index < -0.39 is 0 Å². The van der Waals surface area contributed by atoms with Crippen molar-refractivity contribution in [1.82, 2.24) is 0 Å². The van der Waals surface area contributed by atoms with E-state index in [-0.39, 0.29) is 6.71 Å². The number of hydrogen-bond acceptors (Lipinski definition) is 2. The Kier molecular flexibility index (Phi) is 9.44. The van der Waals surface area contributed by atoms with Gasteiger partial charge < -0.3 is 9.80 Å². The Balaban J connectivity index is 1.28. The molecular formula is C54H53BN2. The van der Waals surface area contributed by atoms with E-state index in [1.807, 2.05) is 0 Å².